The summed E-state index contributed by atoms with van der Waals surface area (Å²) in [6.07, 6.45) is -0.261. The Bertz CT molecular complexity index is 554. The van der Waals surface area contributed by atoms with Crippen LogP contribution in [-0.4, -0.2) is 55.7 Å². The summed E-state index contributed by atoms with van der Waals surface area (Å²) in [5, 5.41) is 3.00. The summed E-state index contributed by atoms with van der Waals surface area (Å²) >= 11 is 0. The lowest BCUT2D eigenvalue weighted by atomic mass is 10.1. The number of hydrogen-bond acceptors (Lipinski definition) is 3. The average molecular weight is 320 g/mol. The highest BCUT2D eigenvalue weighted by atomic mass is 16.6. The van der Waals surface area contributed by atoms with Crippen LogP contribution in [0.5, 0.6) is 0 Å². The second-order valence-electron chi connectivity index (χ2n) is 5.87. The first-order valence-electron chi connectivity index (χ1n) is 8.15. The molecular weight excluding hydrogens is 294 g/mol. The van der Waals surface area contributed by atoms with E-state index in [1.165, 1.54) is 4.90 Å². The Morgan fingerprint density at radius 2 is 1.96 bits per heavy atom. The van der Waals surface area contributed by atoms with Crippen molar-refractivity contribution >= 4 is 17.7 Å². The van der Waals surface area contributed by atoms with Gasteiger partial charge in [0.15, 0.2) is 6.04 Å². The molecule has 2 rings (SSSR count). The van der Waals surface area contributed by atoms with Gasteiger partial charge >= 0.3 is 6.09 Å². The minimum Gasteiger partial charge on any atom is -0.450 e. The molecule has 0 radical (unpaired) electrons. The van der Waals surface area contributed by atoms with Crippen LogP contribution in [0.1, 0.15) is 19.4 Å². The molecule has 0 aromatic heterocycles. The van der Waals surface area contributed by atoms with Crippen LogP contribution in [0.4, 0.5) is 10.5 Å². The van der Waals surface area contributed by atoms with Crippen molar-refractivity contribution in [2.75, 3.05) is 38.1 Å². The summed E-state index contributed by atoms with van der Waals surface area (Å²) in [4.78, 5) is 27.0. The minimum absolute atomic E-state index is 0.0129. The molecule has 0 saturated carbocycles. The summed E-state index contributed by atoms with van der Waals surface area (Å²) in [5.74, 6) is 0.0129. The molecule has 6 heteroatoms. The molecule has 2 N–H and O–H groups in total. The molecule has 0 aliphatic carbocycles. The normalized spacial score (nSPS) is 16.7. The van der Waals surface area contributed by atoms with Crippen molar-refractivity contribution in [2.24, 2.45) is 0 Å². The highest BCUT2D eigenvalue weighted by molar-refractivity contribution is 5.94. The van der Waals surface area contributed by atoms with Crippen LogP contribution < -0.4 is 10.2 Å². The van der Waals surface area contributed by atoms with Crippen LogP contribution in [0, 0.1) is 6.92 Å². The first kappa shape index (κ1) is 17.3. The van der Waals surface area contributed by atoms with Gasteiger partial charge < -0.3 is 15.0 Å². The topological polar surface area (TPSA) is 63.1 Å². The molecule has 0 unspecified atom stereocenters. The molecule has 6 nitrogen and oxygen atoms in total. The van der Waals surface area contributed by atoms with Crippen molar-refractivity contribution in [3.05, 3.63) is 29.8 Å². The number of aryl methyl sites for hydroxylation is 1. The van der Waals surface area contributed by atoms with Crippen molar-refractivity contribution in [1.82, 2.24) is 4.90 Å². The van der Waals surface area contributed by atoms with Crippen molar-refractivity contribution < 1.29 is 19.2 Å². The highest BCUT2D eigenvalue weighted by Crippen LogP contribution is 2.13. The summed E-state index contributed by atoms with van der Waals surface area (Å²) in [6, 6.07) is 7.60. The zero-order valence-corrected chi connectivity index (χ0v) is 14.1. The summed E-state index contributed by atoms with van der Waals surface area (Å²) < 4.78 is 5.02. The fourth-order valence-electron chi connectivity index (χ4n) is 2.76. The smallest absolute Gasteiger partial charge is 0.410 e. The molecule has 2 amide bonds. The largest absolute Gasteiger partial charge is 0.450 e. The van der Waals surface area contributed by atoms with Gasteiger partial charge in [0.25, 0.3) is 5.91 Å². The number of hydrogen-bond donors (Lipinski definition) is 2. The molecule has 1 heterocycles. The zero-order chi connectivity index (χ0) is 16.8. The molecule has 1 aliphatic rings. The Labute approximate surface area is 137 Å². The molecule has 126 valence electrons. The van der Waals surface area contributed by atoms with Gasteiger partial charge in [-0.1, -0.05) is 18.2 Å². The number of nitrogens with one attached hydrogen (secondary N) is 2. The highest BCUT2D eigenvalue weighted by Gasteiger charge is 2.31. The Kier molecular flexibility index (Phi) is 5.98. The monoisotopic (exact) mass is 320 g/mol. The maximum atomic E-state index is 12.4. The molecule has 1 aliphatic heterocycles. The third kappa shape index (κ3) is 4.45. The molecule has 0 spiro atoms. The molecular formula is C17H26N3O3+. The van der Waals surface area contributed by atoms with Gasteiger partial charge in [-0.25, -0.2) is 4.79 Å². The zero-order valence-electron chi connectivity index (χ0n) is 14.1. The molecule has 1 fully saturated rings. The maximum absolute atomic E-state index is 12.4. The number of ether oxygens (including phenoxy) is 1. The van der Waals surface area contributed by atoms with E-state index < -0.39 is 0 Å². The fourth-order valence-corrected chi connectivity index (χ4v) is 2.76. The van der Waals surface area contributed by atoms with Gasteiger partial charge in [0.2, 0.25) is 0 Å². The number of benzene rings is 1. The van der Waals surface area contributed by atoms with Crippen LogP contribution in [0.25, 0.3) is 0 Å². The average Bonchev–Trinajstić information content (AvgIpc) is 2.56. The molecule has 1 atom stereocenters. The Hall–Kier alpha value is -2.08. The van der Waals surface area contributed by atoms with Gasteiger partial charge in [-0.3, -0.25) is 9.69 Å². The van der Waals surface area contributed by atoms with Gasteiger partial charge in [-0.15, -0.1) is 0 Å². The predicted molar refractivity (Wildman–Crippen MR) is 88.6 cm³/mol. The van der Waals surface area contributed by atoms with E-state index in [1.54, 1.807) is 11.8 Å². The van der Waals surface area contributed by atoms with E-state index >= 15 is 0 Å². The van der Waals surface area contributed by atoms with E-state index in [9.17, 15) is 9.59 Å². The molecule has 1 saturated heterocycles. The van der Waals surface area contributed by atoms with Gasteiger partial charge in [-0.05, 0) is 32.4 Å². The van der Waals surface area contributed by atoms with Crippen molar-refractivity contribution in [2.45, 2.75) is 26.8 Å². The van der Waals surface area contributed by atoms with Crippen molar-refractivity contribution in [3.8, 4) is 0 Å². The van der Waals surface area contributed by atoms with Crippen molar-refractivity contribution in [1.29, 1.82) is 0 Å². The number of anilines is 1. The van der Waals surface area contributed by atoms with Crippen LogP contribution in [-0.2, 0) is 9.53 Å². The fraction of sp³-hybridized carbons (Fsp3) is 0.529. The molecule has 23 heavy (non-hydrogen) atoms. The van der Waals surface area contributed by atoms with E-state index in [0.29, 0.717) is 19.7 Å². The lowest BCUT2D eigenvalue weighted by molar-refractivity contribution is -0.917. The second-order valence-corrected chi connectivity index (χ2v) is 5.87. The molecule has 0 bridgehead atoms. The third-order valence-electron chi connectivity index (χ3n) is 4.34. The van der Waals surface area contributed by atoms with Crippen molar-refractivity contribution in [3.63, 3.8) is 0 Å². The van der Waals surface area contributed by atoms with Gasteiger partial charge in [-0.2, -0.15) is 0 Å². The SMILES string of the molecule is CCOC(=O)N1CC[NH+]([C@@H](C)C(=O)Nc2ccccc2C)CC1. The number of para-hydroxylation sites is 1. The number of amides is 2. The number of quaternary nitrogens is 1. The van der Waals surface area contributed by atoms with E-state index in [4.69, 9.17) is 4.74 Å². The van der Waals surface area contributed by atoms with Crippen LogP contribution in [0.3, 0.4) is 0 Å². The predicted octanol–water partition coefficient (Wildman–Crippen LogP) is 0.679. The third-order valence-corrected chi connectivity index (χ3v) is 4.34. The number of piperazine rings is 1. The van der Waals surface area contributed by atoms with E-state index in [-0.39, 0.29) is 18.0 Å². The van der Waals surface area contributed by atoms with Crippen LogP contribution >= 0.6 is 0 Å². The lowest BCUT2D eigenvalue weighted by Crippen LogP contribution is -3.19. The summed E-state index contributed by atoms with van der Waals surface area (Å²) in [7, 11) is 0. The summed E-state index contributed by atoms with van der Waals surface area (Å²) in [6.45, 7) is 8.85. The molecule has 1 aromatic carbocycles. The Morgan fingerprint density at radius 3 is 2.57 bits per heavy atom. The summed E-state index contributed by atoms with van der Waals surface area (Å²) in [5.41, 5.74) is 1.91. The number of carbonyl (C=O) groups is 2. The Morgan fingerprint density at radius 1 is 1.30 bits per heavy atom. The quantitative estimate of drug-likeness (QED) is 0.857. The lowest BCUT2D eigenvalue weighted by Gasteiger charge is -2.34. The van der Waals surface area contributed by atoms with Gasteiger partial charge in [0, 0.05) is 5.69 Å². The number of carbonyl (C=O) groups excluding carboxylic acids is 2. The van der Waals surface area contributed by atoms with E-state index in [2.05, 4.69) is 5.32 Å². The van der Waals surface area contributed by atoms with E-state index in [0.717, 1.165) is 24.3 Å². The van der Waals surface area contributed by atoms with Gasteiger partial charge in [0.1, 0.15) is 0 Å². The second kappa shape index (κ2) is 7.97. The van der Waals surface area contributed by atoms with Crippen LogP contribution in [0.15, 0.2) is 24.3 Å². The number of nitrogens with zero attached hydrogens (tertiary/aromatic N) is 1. The van der Waals surface area contributed by atoms with E-state index in [1.807, 2.05) is 38.1 Å². The standard InChI is InChI=1S/C17H25N3O3/c1-4-23-17(22)20-11-9-19(10-12-20)14(3)16(21)18-15-8-6-5-7-13(15)2/h5-8,14H,4,9-12H2,1-3H3,(H,18,21)/p+1/t14-/m0/s1. The Balaban J connectivity index is 1.87. The minimum atomic E-state index is -0.261. The first-order valence-corrected chi connectivity index (χ1v) is 8.15. The maximum Gasteiger partial charge on any atom is 0.410 e. The molecule has 1 aromatic rings. The first-order chi connectivity index (χ1) is 11.0. The number of rotatable bonds is 4. The van der Waals surface area contributed by atoms with Gasteiger partial charge in [0.05, 0.1) is 32.8 Å². The van der Waals surface area contributed by atoms with Crippen LogP contribution in [0.2, 0.25) is 0 Å².